The van der Waals surface area contributed by atoms with Gasteiger partial charge in [-0.25, -0.2) is 8.42 Å². The first-order valence-corrected chi connectivity index (χ1v) is 8.65. The van der Waals surface area contributed by atoms with Gasteiger partial charge in [0.25, 0.3) is 5.89 Å². The van der Waals surface area contributed by atoms with Crippen LogP contribution >= 0.6 is 15.9 Å². The van der Waals surface area contributed by atoms with E-state index in [4.69, 9.17) is 10.3 Å². The Bertz CT molecular complexity index is 757. The van der Waals surface area contributed by atoms with Crippen molar-refractivity contribution in [1.82, 2.24) is 10.1 Å². The third kappa shape index (κ3) is 2.57. The van der Waals surface area contributed by atoms with Gasteiger partial charge in [0.1, 0.15) is 0 Å². The van der Waals surface area contributed by atoms with E-state index in [0.29, 0.717) is 29.4 Å². The number of nitrogens with zero attached hydrogens (tertiary/aromatic N) is 2. The lowest BCUT2D eigenvalue weighted by Crippen LogP contribution is -2.05. The van der Waals surface area contributed by atoms with Gasteiger partial charge in [0.2, 0.25) is 0 Å². The summed E-state index contributed by atoms with van der Waals surface area (Å²) < 4.78 is 28.9. The van der Waals surface area contributed by atoms with E-state index in [-0.39, 0.29) is 17.4 Å². The van der Waals surface area contributed by atoms with Crippen LogP contribution in [0, 0.1) is 0 Å². The smallest absolute Gasteiger partial charge is 0.258 e. The molecular weight excluding hydrogens is 346 g/mol. The molecule has 1 aliphatic rings. The van der Waals surface area contributed by atoms with Crippen molar-refractivity contribution in [1.29, 1.82) is 0 Å². The van der Waals surface area contributed by atoms with Crippen molar-refractivity contribution in [2.75, 3.05) is 17.2 Å². The SMILES string of the molecule is Nc1cc(-c2nc(C3CCS(=O)(=O)C3)no2)ccc1Br. The van der Waals surface area contributed by atoms with Gasteiger partial charge >= 0.3 is 0 Å². The van der Waals surface area contributed by atoms with Gasteiger partial charge in [-0.05, 0) is 40.5 Å². The molecule has 1 aliphatic heterocycles. The van der Waals surface area contributed by atoms with Crippen LogP contribution in [0.1, 0.15) is 18.2 Å². The molecular formula is C12H12BrN3O3S. The monoisotopic (exact) mass is 357 g/mol. The molecule has 1 aromatic heterocycles. The summed E-state index contributed by atoms with van der Waals surface area (Å²) in [4.78, 5) is 4.29. The van der Waals surface area contributed by atoms with Crippen LogP contribution in [0.4, 0.5) is 5.69 Å². The molecule has 3 rings (SSSR count). The fourth-order valence-electron chi connectivity index (χ4n) is 2.19. The number of sulfone groups is 1. The lowest BCUT2D eigenvalue weighted by Gasteiger charge is -2.00. The second kappa shape index (κ2) is 4.85. The molecule has 8 heteroatoms. The number of hydrogen-bond acceptors (Lipinski definition) is 6. The summed E-state index contributed by atoms with van der Waals surface area (Å²) in [5.74, 6) is 0.901. The van der Waals surface area contributed by atoms with Crippen molar-refractivity contribution in [3.05, 3.63) is 28.5 Å². The van der Waals surface area contributed by atoms with Crippen molar-refractivity contribution in [2.24, 2.45) is 0 Å². The number of aromatic nitrogens is 2. The Labute approximate surface area is 124 Å². The van der Waals surface area contributed by atoms with E-state index in [0.717, 1.165) is 4.47 Å². The van der Waals surface area contributed by atoms with Crippen molar-refractivity contribution in [3.8, 4) is 11.5 Å². The highest BCUT2D eigenvalue weighted by molar-refractivity contribution is 9.10. The summed E-state index contributed by atoms with van der Waals surface area (Å²) in [5.41, 5.74) is 7.09. The first-order chi connectivity index (χ1) is 9.44. The molecule has 0 aliphatic carbocycles. The average molecular weight is 358 g/mol. The van der Waals surface area contributed by atoms with Crippen molar-refractivity contribution < 1.29 is 12.9 Å². The van der Waals surface area contributed by atoms with Crippen LogP contribution in [-0.4, -0.2) is 30.1 Å². The van der Waals surface area contributed by atoms with E-state index in [1.807, 2.05) is 6.07 Å². The van der Waals surface area contributed by atoms with E-state index < -0.39 is 9.84 Å². The summed E-state index contributed by atoms with van der Waals surface area (Å²) in [6.45, 7) is 0. The van der Waals surface area contributed by atoms with E-state index >= 15 is 0 Å². The Morgan fingerprint density at radius 3 is 2.85 bits per heavy atom. The van der Waals surface area contributed by atoms with Gasteiger partial charge in [0, 0.05) is 21.6 Å². The number of halogens is 1. The number of benzene rings is 1. The normalized spacial score (nSPS) is 21.1. The molecule has 1 fully saturated rings. The lowest BCUT2D eigenvalue weighted by atomic mass is 10.1. The minimum atomic E-state index is -2.96. The largest absolute Gasteiger partial charge is 0.398 e. The van der Waals surface area contributed by atoms with Crippen LogP contribution in [0.2, 0.25) is 0 Å². The molecule has 0 saturated carbocycles. The van der Waals surface area contributed by atoms with Crippen LogP contribution in [0.25, 0.3) is 11.5 Å². The topological polar surface area (TPSA) is 99.1 Å². The third-order valence-electron chi connectivity index (χ3n) is 3.28. The predicted molar refractivity (Wildman–Crippen MR) is 77.9 cm³/mol. The van der Waals surface area contributed by atoms with Gasteiger partial charge in [-0.3, -0.25) is 0 Å². The highest BCUT2D eigenvalue weighted by Gasteiger charge is 2.32. The Morgan fingerprint density at radius 1 is 1.40 bits per heavy atom. The Morgan fingerprint density at radius 2 is 2.20 bits per heavy atom. The van der Waals surface area contributed by atoms with Crippen molar-refractivity contribution >= 4 is 31.5 Å². The molecule has 1 atom stereocenters. The maximum atomic E-state index is 11.5. The molecule has 2 heterocycles. The molecule has 106 valence electrons. The predicted octanol–water partition coefficient (Wildman–Crippen LogP) is 1.98. The van der Waals surface area contributed by atoms with Crippen LogP contribution in [0.3, 0.4) is 0 Å². The van der Waals surface area contributed by atoms with Crippen LogP contribution in [0.15, 0.2) is 27.2 Å². The fourth-order valence-corrected chi connectivity index (χ4v) is 4.18. The van der Waals surface area contributed by atoms with E-state index in [1.165, 1.54) is 0 Å². The zero-order chi connectivity index (χ0) is 14.3. The van der Waals surface area contributed by atoms with Gasteiger partial charge in [0.15, 0.2) is 15.7 Å². The molecule has 0 radical (unpaired) electrons. The Kier molecular flexibility index (Phi) is 3.29. The lowest BCUT2D eigenvalue weighted by molar-refractivity contribution is 0.418. The van der Waals surface area contributed by atoms with E-state index in [2.05, 4.69) is 26.1 Å². The maximum absolute atomic E-state index is 11.5. The molecule has 2 aromatic rings. The number of nitrogens with two attached hydrogens (primary N) is 1. The van der Waals surface area contributed by atoms with Crippen LogP contribution in [0.5, 0.6) is 0 Å². The molecule has 2 N–H and O–H groups in total. The first kappa shape index (κ1) is 13.6. The second-order valence-corrected chi connectivity index (χ2v) is 7.88. The molecule has 0 spiro atoms. The second-order valence-electron chi connectivity index (χ2n) is 4.79. The maximum Gasteiger partial charge on any atom is 0.258 e. The molecule has 20 heavy (non-hydrogen) atoms. The number of rotatable bonds is 2. The summed E-state index contributed by atoms with van der Waals surface area (Å²) in [7, 11) is -2.96. The molecule has 1 unspecified atom stereocenters. The highest BCUT2D eigenvalue weighted by Crippen LogP contribution is 2.30. The first-order valence-electron chi connectivity index (χ1n) is 6.04. The minimum Gasteiger partial charge on any atom is -0.398 e. The fraction of sp³-hybridized carbons (Fsp3) is 0.333. The highest BCUT2D eigenvalue weighted by atomic mass is 79.9. The molecule has 1 saturated heterocycles. The summed E-state index contributed by atoms with van der Waals surface area (Å²) in [5, 5.41) is 3.89. The van der Waals surface area contributed by atoms with Gasteiger partial charge in [-0.15, -0.1) is 0 Å². The summed E-state index contributed by atoms with van der Waals surface area (Å²) >= 11 is 3.32. The summed E-state index contributed by atoms with van der Waals surface area (Å²) in [6.07, 6.45) is 0.545. The zero-order valence-corrected chi connectivity index (χ0v) is 12.8. The Hall–Kier alpha value is -1.41. The zero-order valence-electron chi connectivity index (χ0n) is 10.4. The van der Waals surface area contributed by atoms with Gasteiger partial charge < -0.3 is 10.3 Å². The third-order valence-corrected chi connectivity index (χ3v) is 5.77. The van der Waals surface area contributed by atoms with Crippen LogP contribution in [-0.2, 0) is 9.84 Å². The number of hydrogen-bond donors (Lipinski definition) is 1. The van der Waals surface area contributed by atoms with Crippen molar-refractivity contribution in [2.45, 2.75) is 12.3 Å². The quantitative estimate of drug-likeness (QED) is 0.825. The van der Waals surface area contributed by atoms with Gasteiger partial charge in [0.05, 0.1) is 11.5 Å². The number of nitrogen functional groups attached to an aromatic ring is 1. The molecule has 6 nitrogen and oxygen atoms in total. The van der Waals surface area contributed by atoms with Gasteiger partial charge in [-0.1, -0.05) is 5.16 Å². The summed E-state index contributed by atoms with van der Waals surface area (Å²) in [6, 6.07) is 5.34. The molecule has 0 bridgehead atoms. The van der Waals surface area contributed by atoms with E-state index in [1.54, 1.807) is 12.1 Å². The minimum absolute atomic E-state index is 0.0917. The Balaban J connectivity index is 1.89. The van der Waals surface area contributed by atoms with Gasteiger partial charge in [-0.2, -0.15) is 4.98 Å². The van der Waals surface area contributed by atoms with Crippen molar-refractivity contribution in [3.63, 3.8) is 0 Å². The van der Waals surface area contributed by atoms with Crippen LogP contribution < -0.4 is 5.73 Å². The molecule has 1 aromatic carbocycles. The number of anilines is 1. The van der Waals surface area contributed by atoms with E-state index in [9.17, 15) is 8.42 Å². The standard InChI is InChI=1S/C12H12BrN3O3S/c13-9-2-1-7(5-10(9)14)12-15-11(16-19-12)8-3-4-20(17,18)6-8/h1-2,5,8H,3-4,6,14H2. The average Bonchev–Trinajstić information content (AvgIpc) is 2.99. The molecule has 0 amide bonds.